The van der Waals surface area contributed by atoms with Gasteiger partial charge in [-0.05, 0) is 38.5 Å². The third-order valence-electron chi connectivity index (χ3n) is 4.46. The second kappa shape index (κ2) is 9.46. The lowest BCUT2D eigenvalue weighted by molar-refractivity contribution is -0.137. The first-order valence-corrected chi connectivity index (χ1v) is 9.86. The first-order valence-electron chi connectivity index (χ1n) is 9.86. The molecule has 10 heteroatoms. The maximum Gasteiger partial charge on any atom is 0.355 e. The lowest BCUT2D eigenvalue weighted by Crippen LogP contribution is -2.44. The van der Waals surface area contributed by atoms with E-state index in [1.54, 1.807) is 26.0 Å². The van der Waals surface area contributed by atoms with Crippen LogP contribution in [0.1, 0.15) is 25.0 Å². The molecule has 1 aromatic heterocycles. The van der Waals surface area contributed by atoms with E-state index in [-0.39, 0.29) is 30.0 Å². The minimum atomic E-state index is -1.35. The van der Waals surface area contributed by atoms with Gasteiger partial charge in [0.15, 0.2) is 11.6 Å². The lowest BCUT2D eigenvalue weighted by Gasteiger charge is -2.16. The molecule has 3 aromatic rings. The molecule has 0 saturated heterocycles. The van der Waals surface area contributed by atoms with Crippen LogP contribution in [0, 0.1) is 12.7 Å². The minimum absolute atomic E-state index is 0.0192. The highest BCUT2D eigenvalue weighted by Crippen LogP contribution is 2.24. The number of hydrogen-bond donors (Lipinski definition) is 2. The number of aryl methyl sites for hydroxylation is 1. The standard InChI is InChI=1S/C22H23FN4O5/c1-13(2)32-18-9-8-16(10-17(18)23)24-20-25-21(30)27(12-19(28)29)22(31)26(20)11-15-6-4-14(3)5-7-15/h4-10,13H,11-12H2,1-3H3,(H,28,29)(H,24,25,30). The second-order valence-electron chi connectivity index (χ2n) is 7.49. The van der Waals surface area contributed by atoms with E-state index in [1.807, 2.05) is 19.1 Å². The molecule has 0 aliphatic heterocycles. The molecule has 3 rings (SSSR count). The Kier molecular flexibility index (Phi) is 6.72. The number of carboxylic acid groups (broad SMARTS) is 1. The van der Waals surface area contributed by atoms with Crippen molar-refractivity contribution in [3.8, 4) is 5.75 Å². The van der Waals surface area contributed by atoms with Crippen LogP contribution in [0.4, 0.5) is 16.0 Å². The number of benzene rings is 2. The number of aliphatic carboxylic acids is 1. The van der Waals surface area contributed by atoms with E-state index < -0.39 is 29.7 Å². The highest BCUT2D eigenvalue weighted by atomic mass is 19.1. The van der Waals surface area contributed by atoms with Crippen molar-refractivity contribution in [3.05, 3.63) is 80.4 Å². The van der Waals surface area contributed by atoms with Crippen molar-refractivity contribution in [1.82, 2.24) is 14.1 Å². The Balaban J connectivity index is 2.04. The number of nitrogens with zero attached hydrogens (tertiary/aromatic N) is 3. The minimum Gasteiger partial charge on any atom is -0.488 e. The van der Waals surface area contributed by atoms with Gasteiger partial charge < -0.3 is 15.2 Å². The summed E-state index contributed by atoms with van der Waals surface area (Å²) in [6, 6.07) is 11.4. The van der Waals surface area contributed by atoms with E-state index in [0.29, 0.717) is 4.57 Å². The average molecular weight is 442 g/mol. The van der Waals surface area contributed by atoms with Gasteiger partial charge >= 0.3 is 17.3 Å². The molecule has 1 heterocycles. The van der Waals surface area contributed by atoms with E-state index in [2.05, 4.69) is 10.3 Å². The van der Waals surface area contributed by atoms with Gasteiger partial charge in [-0.2, -0.15) is 4.98 Å². The fourth-order valence-electron chi connectivity index (χ4n) is 2.97. The normalized spacial score (nSPS) is 10.9. The molecular weight excluding hydrogens is 419 g/mol. The molecule has 2 aromatic carbocycles. The molecule has 0 unspecified atom stereocenters. The van der Waals surface area contributed by atoms with Crippen LogP contribution >= 0.6 is 0 Å². The lowest BCUT2D eigenvalue weighted by atomic mass is 10.1. The summed E-state index contributed by atoms with van der Waals surface area (Å²) in [6.45, 7) is 4.65. The number of aromatic nitrogens is 3. The number of hydrogen-bond acceptors (Lipinski definition) is 6. The predicted octanol–water partition coefficient (Wildman–Crippen LogP) is 2.52. The SMILES string of the molecule is Cc1ccc(Cn2c(Nc3ccc(OC(C)C)c(F)c3)nc(=O)n(CC(=O)O)c2=O)cc1. The van der Waals surface area contributed by atoms with E-state index in [9.17, 15) is 18.8 Å². The van der Waals surface area contributed by atoms with Crippen LogP contribution < -0.4 is 21.4 Å². The molecule has 0 radical (unpaired) electrons. The van der Waals surface area contributed by atoms with E-state index in [1.165, 1.54) is 12.1 Å². The van der Waals surface area contributed by atoms with Crippen molar-refractivity contribution >= 4 is 17.6 Å². The van der Waals surface area contributed by atoms with Gasteiger partial charge in [0.25, 0.3) is 0 Å². The number of anilines is 2. The Morgan fingerprint density at radius 1 is 1.16 bits per heavy atom. The topological polar surface area (TPSA) is 115 Å². The quantitative estimate of drug-likeness (QED) is 0.551. The van der Waals surface area contributed by atoms with Crippen molar-refractivity contribution in [2.45, 2.75) is 40.0 Å². The Bertz CT molecular complexity index is 1250. The molecule has 0 bridgehead atoms. The van der Waals surface area contributed by atoms with Crippen LogP contribution in [0.2, 0.25) is 0 Å². The van der Waals surface area contributed by atoms with Crippen LogP contribution in [0.5, 0.6) is 5.75 Å². The van der Waals surface area contributed by atoms with Crippen LogP contribution in [0.25, 0.3) is 0 Å². The summed E-state index contributed by atoms with van der Waals surface area (Å²) < 4.78 is 21.4. The van der Waals surface area contributed by atoms with Gasteiger partial charge in [0, 0.05) is 11.8 Å². The summed E-state index contributed by atoms with van der Waals surface area (Å²) in [7, 11) is 0. The zero-order chi connectivity index (χ0) is 23.4. The Labute approximate surface area is 182 Å². The highest BCUT2D eigenvalue weighted by Gasteiger charge is 2.17. The van der Waals surface area contributed by atoms with Gasteiger partial charge in [-0.1, -0.05) is 29.8 Å². The maximum absolute atomic E-state index is 14.4. The van der Waals surface area contributed by atoms with E-state index in [0.717, 1.165) is 21.8 Å². The Morgan fingerprint density at radius 2 is 1.84 bits per heavy atom. The van der Waals surface area contributed by atoms with Crippen molar-refractivity contribution < 1.29 is 19.0 Å². The Morgan fingerprint density at radius 3 is 2.44 bits per heavy atom. The number of carbonyl (C=O) groups is 1. The molecular formula is C22H23FN4O5. The summed E-state index contributed by atoms with van der Waals surface area (Å²) in [5.41, 5.74) is 0.108. The monoisotopic (exact) mass is 442 g/mol. The van der Waals surface area contributed by atoms with Crippen LogP contribution in [-0.4, -0.2) is 31.3 Å². The Hall–Kier alpha value is -3.95. The van der Waals surface area contributed by atoms with Gasteiger partial charge in [-0.25, -0.2) is 18.5 Å². The van der Waals surface area contributed by atoms with Gasteiger partial charge in [0.2, 0.25) is 5.95 Å². The molecule has 2 N–H and O–H groups in total. The molecule has 0 spiro atoms. The van der Waals surface area contributed by atoms with E-state index in [4.69, 9.17) is 9.84 Å². The molecule has 0 fully saturated rings. The molecule has 0 saturated carbocycles. The van der Waals surface area contributed by atoms with Crippen molar-refractivity contribution in [2.24, 2.45) is 0 Å². The molecule has 168 valence electrons. The van der Waals surface area contributed by atoms with Crippen molar-refractivity contribution in [2.75, 3.05) is 5.32 Å². The van der Waals surface area contributed by atoms with Gasteiger partial charge in [-0.3, -0.25) is 9.36 Å². The molecule has 0 atom stereocenters. The number of rotatable bonds is 8. The third-order valence-corrected chi connectivity index (χ3v) is 4.46. The molecule has 32 heavy (non-hydrogen) atoms. The first kappa shape index (κ1) is 22.7. The number of carboxylic acids is 1. The van der Waals surface area contributed by atoms with Crippen LogP contribution in [-0.2, 0) is 17.9 Å². The fraction of sp³-hybridized carbons (Fsp3) is 0.273. The number of ether oxygens (including phenoxy) is 1. The smallest absolute Gasteiger partial charge is 0.355 e. The van der Waals surface area contributed by atoms with Crippen LogP contribution in [0.3, 0.4) is 0 Å². The fourth-order valence-corrected chi connectivity index (χ4v) is 2.97. The number of halogens is 1. The second-order valence-corrected chi connectivity index (χ2v) is 7.49. The summed E-state index contributed by atoms with van der Waals surface area (Å²) in [5, 5.41) is 11.8. The van der Waals surface area contributed by atoms with E-state index >= 15 is 0 Å². The highest BCUT2D eigenvalue weighted by molar-refractivity contribution is 5.66. The summed E-state index contributed by atoms with van der Waals surface area (Å²) in [6.07, 6.45) is -0.216. The summed E-state index contributed by atoms with van der Waals surface area (Å²) >= 11 is 0. The van der Waals surface area contributed by atoms with Gasteiger partial charge in [0.1, 0.15) is 6.54 Å². The largest absolute Gasteiger partial charge is 0.488 e. The van der Waals surface area contributed by atoms with Crippen molar-refractivity contribution in [1.29, 1.82) is 0 Å². The maximum atomic E-state index is 14.4. The predicted molar refractivity (Wildman–Crippen MR) is 116 cm³/mol. The molecule has 9 nitrogen and oxygen atoms in total. The van der Waals surface area contributed by atoms with Gasteiger partial charge in [-0.15, -0.1) is 0 Å². The molecule has 0 aliphatic carbocycles. The van der Waals surface area contributed by atoms with Crippen molar-refractivity contribution in [3.63, 3.8) is 0 Å². The first-order chi connectivity index (χ1) is 15.1. The summed E-state index contributed by atoms with van der Waals surface area (Å²) in [5.74, 6) is -2.06. The molecule has 0 aliphatic rings. The third kappa shape index (κ3) is 5.39. The number of nitrogens with one attached hydrogen (secondary N) is 1. The average Bonchev–Trinajstić information content (AvgIpc) is 2.71. The molecule has 0 amide bonds. The van der Waals surface area contributed by atoms with Crippen LogP contribution in [0.15, 0.2) is 52.1 Å². The summed E-state index contributed by atoms with van der Waals surface area (Å²) in [4.78, 5) is 40.2. The zero-order valence-corrected chi connectivity index (χ0v) is 17.8. The zero-order valence-electron chi connectivity index (χ0n) is 17.8. The van der Waals surface area contributed by atoms with Gasteiger partial charge in [0.05, 0.1) is 12.6 Å².